The van der Waals surface area contributed by atoms with Crippen LogP contribution in [0, 0.1) is 17.3 Å². The maximum atomic E-state index is 9.82. The van der Waals surface area contributed by atoms with Crippen molar-refractivity contribution in [2.45, 2.75) is 52.2 Å². The minimum Gasteiger partial charge on any atom is -0.396 e. The molecule has 0 saturated carbocycles. The highest BCUT2D eigenvalue weighted by molar-refractivity contribution is 7.09. The van der Waals surface area contributed by atoms with Crippen molar-refractivity contribution in [1.29, 1.82) is 0 Å². The van der Waals surface area contributed by atoms with Gasteiger partial charge in [-0.1, -0.05) is 33.3 Å². The first kappa shape index (κ1) is 20.1. The Morgan fingerprint density at radius 1 is 1.41 bits per heavy atom. The Morgan fingerprint density at radius 2 is 2.09 bits per heavy atom. The zero-order valence-corrected chi connectivity index (χ0v) is 15.4. The van der Waals surface area contributed by atoms with Crippen molar-refractivity contribution in [3.05, 3.63) is 12.7 Å². The molecular weight excluding hydrogens is 299 g/mol. The lowest BCUT2D eigenvalue weighted by Crippen LogP contribution is -2.46. The van der Waals surface area contributed by atoms with Crippen LogP contribution in [0.5, 0.6) is 0 Å². The summed E-state index contributed by atoms with van der Waals surface area (Å²) in [4.78, 5) is 0. The minimum atomic E-state index is -0.491. The molecule has 0 aliphatic carbocycles. The fraction of sp³-hybridized carbons (Fsp3) is 0.882. The van der Waals surface area contributed by atoms with E-state index in [4.69, 9.17) is 14.0 Å². The Bertz CT molecular complexity index is 326. The molecule has 1 aliphatic heterocycles. The van der Waals surface area contributed by atoms with Crippen molar-refractivity contribution >= 4 is 9.47 Å². The highest BCUT2D eigenvalue weighted by atomic mass is 31.0. The van der Waals surface area contributed by atoms with Gasteiger partial charge in [0.2, 0.25) is 0 Å². The normalized spacial score (nSPS) is 32.8. The highest BCUT2D eigenvalue weighted by Crippen LogP contribution is 2.30. The standard InChI is InChI=1S/C17H33O4P/c1-5-13(3)7-15-8-16(14(4)6-2)20-11-17(9-18,10-19-15)12-21-22/h6,13-16,18H,2,5,7-12,22H2,1,3-4H3. The average molecular weight is 332 g/mol. The van der Waals surface area contributed by atoms with E-state index >= 15 is 0 Å². The van der Waals surface area contributed by atoms with Crippen LogP contribution in [-0.4, -0.2) is 43.7 Å². The first-order valence-corrected chi connectivity index (χ1v) is 8.75. The van der Waals surface area contributed by atoms with Crippen molar-refractivity contribution in [3.8, 4) is 0 Å². The van der Waals surface area contributed by atoms with Crippen molar-refractivity contribution in [3.63, 3.8) is 0 Å². The molecule has 130 valence electrons. The number of ether oxygens (including phenoxy) is 2. The number of aliphatic hydroxyl groups is 1. The van der Waals surface area contributed by atoms with Crippen LogP contribution in [0.15, 0.2) is 12.7 Å². The SMILES string of the molecule is C=CC(C)C1CC(CC(C)CC)OCC(CO)(COP)CO1. The summed E-state index contributed by atoms with van der Waals surface area (Å²) in [6.45, 7) is 11.8. The number of rotatable bonds is 8. The van der Waals surface area contributed by atoms with Gasteiger partial charge in [0.1, 0.15) is 0 Å². The third-order valence-electron chi connectivity index (χ3n) is 4.77. The molecule has 0 aromatic carbocycles. The molecule has 6 unspecified atom stereocenters. The molecule has 0 radical (unpaired) electrons. The summed E-state index contributed by atoms with van der Waals surface area (Å²) in [5, 5.41) is 9.82. The molecule has 0 aromatic rings. The Morgan fingerprint density at radius 3 is 2.64 bits per heavy atom. The van der Waals surface area contributed by atoms with E-state index in [9.17, 15) is 5.11 Å². The Hall–Kier alpha value is 0.0100. The molecule has 0 bridgehead atoms. The van der Waals surface area contributed by atoms with E-state index in [0.29, 0.717) is 25.7 Å². The summed E-state index contributed by atoms with van der Waals surface area (Å²) in [6, 6.07) is 0. The first-order chi connectivity index (χ1) is 10.5. The topological polar surface area (TPSA) is 47.9 Å². The van der Waals surface area contributed by atoms with Gasteiger partial charge in [-0.15, -0.1) is 6.58 Å². The monoisotopic (exact) mass is 332 g/mol. The average Bonchev–Trinajstić information content (AvgIpc) is 2.52. The van der Waals surface area contributed by atoms with Crippen molar-refractivity contribution in [2.75, 3.05) is 26.4 Å². The molecule has 4 nitrogen and oxygen atoms in total. The molecule has 1 rings (SSSR count). The van der Waals surface area contributed by atoms with Crippen LogP contribution in [0.2, 0.25) is 0 Å². The molecule has 0 amide bonds. The zero-order valence-electron chi connectivity index (χ0n) is 14.3. The molecule has 1 N–H and O–H groups in total. The second-order valence-electron chi connectivity index (χ2n) is 6.83. The lowest BCUT2D eigenvalue weighted by atomic mass is 9.88. The fourth-order valence-corrected chi connectivity index (χ4v) is 3.06. The molecule has 6 atom stereocenters. The minimum absolute atomic E-state index is 0.00730. The molecule has 1 aliphatic rings. The van der Waals surface area contributed by atoms with Gasteiger partial charge in [-0.05, 0) is 12.3 Å². The van der Waals surface area contributed by atoms with Crippen molar-refractivity contribution in [1.82, 2.24) is 0 Å². The summed E-state index contributed by atoms with van der Waals surface area (Å²) in [5.74, 6) is 0.875. The van der Waals surface area contributed by atoms with Crippen LogP contribution in [-0.2, 0) is 14.0 Å². The predicted molar refractivity (Wildman–Crippen MR) is 92.7 cm³/mol. The number of hydrogen-bond acceptors (Lipinski definition) is 4. The fourth-order valence-electron chi connectivity index (χ4n) is 2.71. The van der Waals surface area contributed by atoms with Crippen LogP contribution in [0.25, 0.3) is 0 Å². The maximum Gasteiger partial charge on any atom is 0.0659 e. The molecule has 1 saturated heterocycles. The third-order valence-corrected chi connectivity index (χ3v) is 4.94. The largest absolute Gasteiger partial charge is 0.396 e. The van der Waals surface area contributed by atoms with E-state index in [2.05, 4.69) is 36.8 Å². The maximum absolute atomic E-state index is 9.82. The van der Waals surface area contributed by atoms with Gasteiger partial charge < -0.3 is 19.1 Å². The van der Waals surface area contributed by atoms with E-state index in [1.54, 1.807) is 0 Å². The predicted octanol–water partition coefficient (Wildman–Crippen LogP) is 3.20. The quantitative estimate of drug-likeness (QED) is 0.548. The lowest BCUT2D eigenvalue weighted by Gasteiger charge is -2.39. The van der Waals surface area contributed by atoms with Gasteiger partial charge in [-0.3, -0.25) is 0 Å². The second kappa shape index (κ2) is 10.00. The van der Waals surface area contributed by atoms with Crippen LogP contribution >= 0.6 is 9.47 Å². The first-order valence-electron chi connectivity index (χ1n) is 8.28. The van der Waals surface area contributed by atoms with Gasteiger partial charge in [-0.2, -0.15) is 0 Å². The van der Waals surface area contributed by atoms with Crippen molar-refractivity contribution in [2.24, 2.45) is 17.3 Å². The second-order valence-corrected chi connectivity index (χ2v) is 7.16. The number of hydrogen-bond donors (Lipinski definition) is 1. The summed E-state index contributed by atoms with van der Waals surface area (Å²) in [7, 11) is 2.25. The van der Waals surface area contributed by atoms with Crippen LogP contribution in [0.3, 0.4) is 0 Å². The highest BCUT2D eigenvalue weighted by Gasteiger charge is 2.36. The van der Waals surface area contributed by atoms with Gasteiger partial charge in [0.15, 0.2) is 0 Å². The van der Waals surface area contributed by atoms with Gasteiger partial charge >= 0.3 is 0 Å². The van der Waals surface area contributed by atoms with Gasteiger partial charge in [0.25, 0.3) is 0 Å². The van der Waals surface area contributed by atoms with Crippen LogP contribution in [0.1, 0.15) is 40.0 Å². The van der Waals surface area contributed by atoms with Crippen molar-refractivity contribution < 1.29 is 19.1 Å². The summed E-state index contributed by atoms with van der Waals surface area (Å²) in [6.07, 6.45) is 5.19. The molecule has 1 heterocycles. The zero-order chi connectivity index (χ0) is 16.6. The van der Waals surface area contributed by atoms with E-state index in [-0.39, 0.29) is 24.7 Å². The molecular formula is C17H33O4P. The lowest BCUT2D eigenvalue weighted by molar-refractivity contribution is -0.149. The third kappa shape index (κ3) is 5.90. The molecule has 0 aromatic heterocycles. The number of aliphatic hydroxyl groups excluding tert-OH is 1. The van der Waals surface area contributed by atoms with E-state index in [0.717, 1.165) is 19.3 Å². The van der Waals surface area contributed by atoms with Gasteiger partial charge in [0.05, 0.1) is 44.1 Å². The smallest absolute Gasteiger partial charge is 0.0659 e. The van der Waals surface area contributed by atoms with E-state index in [1.165, 1.54) is 0 Å². The Kier molecular flexibility index (Phi) is 9.11. The molecule has 1 fully saturated rings. The van der Waals surface area contributed by atoms with Crippen LogP contribution < -0.4 is 0 Å². The van der Waals surface area contributed by atoms with Gasteiger partial charge in [0, 0.05) is 21.8 Å². The molecule has 0 spiro atoms. The molecule has 5 heteroatoms. The molecule has 22 heavy (non-hydrogen) atoms. The Labute approximate surface area is 137 Å². The Balaban J connectivity index is 2.85. The van der Waals surface area contributed by atoms with Crippen LogP contribution in [0.4, 0.5) is 0 Å². The summed E-state index contributed by atoms with van der Waals surface area (Å²) in [5.41, 5.74) is -0.491. The van der Waals surface area contributed by atoms with Gasteiger partial charge in [-0.25, -0.2) is 0 Å². The summed E-state index contributed by atoms with van der Waals surface area (Å²) < 4.78 is 17.5. The van der Waals surface area contributed by atoms with E-state index in [1.807, 2.05) is 6.08 Å². The summed E-state index contributed by atoms with van der Waals surface area (Å²) >= 11 is 0. The van der Waals surface area contributed by atoms with E-state index < -0.39 is 5.41 Å².